The molecule has 1 aromatic carbocycles. The van der Waals surface area contributed by atoms with Crippen LogP contribution < -0.4 is 5.32 Å². The van der Waals surface area contributed by atoms with Gasteiger partial charge in [-0.05, 0) is 31.5 Å². The van der Waals surface area contributed by atoms with Crippen molar-refractivity contribution in [1.29, 1.82) is 0 Å². The minimum absolute atomic E-state index is 0.280. The summed E-state index contributed by atoms with van der Waals surface area (Å²) >= 11 is 2.69. The Kier molecular flexibility index (Phi) is 6.25. The Morgan fingerprint density at radius 1 is 1.21 bits per heavy atom. The highest BCUT2D eigenvalue weighted by Gasteiger charge is 2.29. The van der Waals surface area contributed by atoms with Gasteiger partial charge in [0.25, 0.3) is 0 Å². The molecule has 0 atom stereocenters. The Bertz CT molecular complexity index is 943. The molecule has 146 valence electrons. The second kappa shape index (κ2) is 8.66. The lowest BCUT2D eigenvalue weighted by Gasteiger charge is -2.15. The molecule has 0 saturated heterocycles. The number of hydrogen-bond donors (Lipinski definition) is 2. The summed E-state index contributed by atoms with van der Waals surface area (Å²) in [6.45, 7) is 3.93. The van der Waals surface area contributed by atoms with Gasteiger partial charge < -0.3 is 10.4 Å². The number of thiazole rings is 1. The number of benzene rings is 1. The zero-order valence-corrected chi connectivity index (χ0v) is 17.0. The van der Waals surface area contributed by atoms with E-state index in [2.05, 4.69) is 20.3 Å². The predicted molar refractivity (Wildman–Crippen MR) is 109 cm³/mol. The quantitative estimate of drug-likeness (QED) is 0.526. The molecule has 0 fully saturated rings. The van der Waals surface area contributed by atoms with Gasteiger partial charge in [0.2, 0.25) is 5.95 Å². The molecule has 0 saturated carbocycles. The minimum atomic E-state index is -0.909. The molecule has 0 aliphatic heterocycles. The zero-order valence-electron chi connectivity index (χ0n) is 15.3. The second-order valence-corrected chi connectivity index (χ2v) is 9.23. The molecule has 2 aromatic heterocycles. The Balaban J connectivity index is 1.51. The van der Waals surface area contributed by atoms with Crippen molar-refractivity contribution in [3.05, 3.63) is 53.6 Å². The smallest absolute Gasteiger partial charge is 0.319 e. The summed E-state index contributed by atoms with van der Waals surface area (Å²) in [5.74, 6) is -0.641. The molecule has 28 heavy (non-hydrogen) atoms. The predicted octanol–water partition coefficient (Wildman–Crippen LogP) is 4.35. The number of carbonyl (C=O) groups is 1. The van der Waals surface area contributed by atoms with Crippen molar-refractivity contribution in [2.75, 3.05) is 11.9 Å². The minimum Gasteiger partial charge on any atom is -0.480 e. The van der Waals surface area contributed by atoms with E-state index in [1.807, 2.05) is 5.38 Å². The van der Waals surface area contributed by atoms with Crippen LogP contribution in [0.1, 0.15) is 19.5 Å². The van der Waals surface area contributed by atoms with Crippen molar-refractivity contribution >= 4 is 35.0 Å². The fourth-order valence-electron chi connectivity index (χ4n) is 2.23. The van der Waals surface area contributed by atoms with Crippen LogP contribution in [0, 0.1) is 5.82 Å². The van der Waals surface area contributed by atoms with Gasteiger partial charge in [-0.25, -0.2) is 19.3 Å². The Morgan fingerprint density at radius 2 is 1.89 bits per heavy atom. The van der Waals surface area contributed by atoms with Gasteiger partial charge in [-0.15, -0.1) is 11.3 Å². The number of nitrogens with zero attached hydrogens (tertiary/aromatic N) is 3. The van der Waals surface area contributed by atoms with E-state index in [0.717, 1.165) is 21.2 Å². The summed E-state index contributed by atoms with van der Waals surface area (Å²) in [6, 6.07) is 6.17. The highest BCUT2D eigenvalue weighted by molar-refractivity contribution is 8.02. The molecule has 0 bridgehead atoms. The molecule has 0 unspecified atom stereocenters. The first-order valence-corrected chi connectivity index (χ1v) is 10.2. The lowest BCUT2D eigenvalue weighted by atomic mass is 10.1. The molecule has 6 nitrogen and oxygen atoms in total. The number of thioether (sulfide) groups is 1. The number of hydrogen-bond acceptors (Lipinski definition) is 7. The maximum Gasteiger partial charge on any atom is 0.319 e. The van der Waals surface area contributed by atoms with Crippen molar-refractivity contribution in [3.63, 3.8) is 0 Å². The normalized spacial score (nSPS) is 11.4. The number of nitrogens with one attached hydrogen (secondary N) is 1. The van der Waals surface area contributed by atoms with Gasteiger partial charge in [0, 0.05) is 36.3 Å². The molecule has 3 aromatic rings. The molecular formula is C19H19FN4O2S2. The molecule has 0 aliphatic carbocycles. The summed E-state index contributed by atoms with van der Waals surface area (Å²) in [7, 11) is 0. The molecule has 9 heteroatoms. The van der Waals surface area contributed by atoms with Gasteiger partial charge in [-0.3, -0.25) is 4.79 Å². The number of halogens is 1. The van der Waals surface area contributed by atoms with Crippen LogP contribution in [-0.2, 0) is 11.2 Å². The van der Waals surface area contributed by atoms with Gasteiger partial charge in [0.15, 0.2) is 4.34 Å². The first kappa shape index (κ1) is 20.2. The standard InChI is InChI=1S/C19H19FN4O2S2/c1-19(2,16(25)26)28-18-24-15(11-27-18)7-8-21-17-22-9-13(10-23-17)12-3-5-14(20)6-4-12/h3-6,9-11H,7-8H2,1-2H3,(H,25,26)(H,21,22,23). The number of carboxylic acids is 1. The summed E-state index contributed by atoms with van der Waals surface area (Å²) in [6.07, 6.45) is 4.05. The maximum absolute atomic E-state index is 13.0. The van der Waals surface area contributed by atoms with E-state index in [0.29, 0.717) is 18.9 Å². The highest BCUT2D eigenvalue weighted by Crippen LogP contribution is 2.34. The van der Waals surface area contributed by atoms with Crippen molar-refractivity contribution in [2.45, 2.75) is 29.4 Å². The molecule has 2 heterocycles. The van der Waals surface area contributed by atoms with Gasteiger partial charge in [-0.1, -0.05) is 23.9 Å². The number of carboxylic acid groups (broad SMARTS) is 1. The number of rotatable bonds is 8. The van der Waals surface area contributed by atoms with E-state index in [-0.39, 0.29) is 5.82 Å². The van der Waals surface area contributed by atoms with Gasteiger partial charge >= 0.3 is 5.97 Å². The topological polar surface area (TPSA) is 88.0 Å². The monoisotopic (exact) mass is 418 g/mol. The van der Waals surface area contributed by atoms with Crippen LogP contribution in [0.3, 0.4) is 0 Å². The molecule has 0 amide bonds. The van der Waals surface area contributed by atoms with Crippen LogP contribution in [0.2, 0.25) is 0 Å². The fourth-order valence-corrected chi connectivity index (χ4v) is 4.45. The van der Waals surface area contributed by atoms with E-state index in [9.17, 15) is 14.3 Å². The lowest BCUT2D eigenvalue weighted by molar-refractivity contribution is -0.138. The van der Waals surface area contributed by atoms with E-state index in [1.165, 1.54) is 35.2 Å². The largest absolute Gasteiger partial charge is 0.480 e. The van der Waals surface area contributed by atoms with Crippen LogP contribution in [0.25, 0.3) is 11.1 Å². The number of aromatic nitrogens is 3. The van der Waals surface area contributed by atoms with Gasteiger partial charge in [-0.2, -0.15) is 0 Å². The van der Waals surface area contributed by atoms with Crippen molar-refractivity contribution in [2.24, 2.45) is 0 Å². The Morgan fingerprint density at radius 3 is 2.54 bits per heavy atom. The molecule has 3 rings (SSSR count). The van der Waals surface area contributed by atoms with Crippen LogP contribution in [0.15, 0.2) is 46.4 Å². The van der Waals surface area contributed by atoms with E-state index >= 15 is 0 Å². The Hall–Kier alpha value is -2.52. The second-order valence-electron chi connectivity index (χ2n) is 6.50. The Labute approximate surface area is 170 Å². The third-order valence-electron chi connectivity index (χ3n) is 3.88. The van der Waals surface area contributed by atoms with E-state index < -0.39 is 10.7 Å². The average molecular weight is 419 g/mol. The summed E-state index contributed by atoms with van der Waals surface area (Å²) in [4.78, 5) is 24.2. The van der Waals surface area contributed by atoms with Gasteiger partial charge in [0.1, 0.15) is 10.6 Å². The average Bonchev–Trinajstić information content (AvgIpc) is 3.09. The van der Waals surface area contributed by atoms with Gasteiger partial charge in [0.05, 0.1) is 5.69 Å². The summed E-state index contributed by atoms with van der Waals surface area (Å²) < 4.78 is 12.8. The third kappa shape index (κ3) is 5.26. The van der Waals surface area contributed by atoms with E-state index in [1.54, 1.807) is 38.4 Å². The summed E-state index contributed by atoms with van der Waals surface area (Å²) in [5.41, 5.74) is 2.56. The van der Waals surface area contributed by atoms with Crippen LogP contribution in [-0.4, -0.2) is 37.3 Å². The molecular weight excluding hydrogens is 399 g/mol. The molecule has 0 radical (unpaired) electrons. The van der Waals surface area contributed by atoms with Crippen LogP contribution in [0.5, 0.6) is 0 Å². The van der Waals surface area contributed by atoms with Crippen molar-refractivity contribution < 1.29 is 14.3 Å². The molecule has 2 N–H and O–H groups in total. The number of aliphatic carboxylic acids is 1. The summed E-state index contributed by atoms with van der Waals surface area (Å²) in [5, 5.41) is 14.3. The van der Waals surface area contributed by atoms with Crippen LogP contribution in [0.4, 0.5) is 10.3 Å². The zero-order chi connectivity index (χ0) is 20.1. The molecule has 0 spiro atoms. The number of anilines is 1. The third-order valence-corrected chi connectivity index (χ3v) is 6.05. The maximum atomic E-state index is 13.0. The lowest BCUT2D eigenvalue weighted by Crippen LogP contribution is -2.26. The van der Waals surface area contributed by atoms with Crippen molar-refractivity contribution in [1.82, 2.24) is 15.0 Å². The first-order valence-electron chi connectivity index (χ1n) is 8.52. The molecule has 0 aliphatic rings. The van der Waals surface area contributed by atoms with Crippen LogP contribution >= 0.6 is 23.1 Å². The highest BCUT2D eigenvalue weighted by atomic mass is 32.2. The first-order chi connectivity index (χ1) is 13.3. The fraction of sp³-hybridized carbons (Fsp3) is 0.263. The van der Waals surface area contributed by atoms with E-state index in [4.69, 9.17) is 0 Å². The SMILES string of the molecule is CC(C)(Sc1nc(CCNc2ncc(-c3ccc(F)cc3)cn2)cs1)C(=O)O. The van der Waals surface area contributed by atoms with Crippen molar-refractivity contribution in [3.8, 4) is 11.1 Å².